The first-order valence-electron chi connectivity index (χ1n) is 22.0. The van der Waals surface area contributed by atoms with Crippen molar-refractivity contribution in [1.82, 2.24) is 42.1 Å². The molecule has 0 aliphatic carbocycles. The maximum absolute atomic E-state index is 14.4. The fourth-order valence-corrected chi connectivity index (χ4v) is 9.44. The molecular weight excluding hydrogens is 915 g/mol. The van der Waals surface area contributed by atoms with Crippen LogP contribution < -0.4 is 54.4 Å². The maximum atomic E-state index is 14.4. The van der Waals surface area contributed by atoms with Crippen LogP contribution in [-0.2, 0) is 54.4 Å². The number of carbonyl (C=O) groups is 10. The summed E-state index contributed by atoms with van der Waals surface area (Å²) in [6.07, 6.45) is -1.43. The van der Waals surface area contributed by atoms with Crippen LogP contribution in [0.4, 0.5) is 0 Å². The molecule has 2 fully saturated rings. The number of aliphatic hydroxyl groups is 1. The molecule has 10 atom stereocenters. The predicted octanol–water partition coefficient (Wildman–Crippen LogP) is -3.49. The highest BCUT2D eigenvalue weighted by molar-refractivity contribution is 8.76. The normalized spacial score (nSPS) is 25.2. The molecule has 1 aromatic carbocycles. The van der Waals surface area contributed by atoms with E-state index in [4.69, 9.17) is 17.2 Å². The van der Waals surface area contributed by atoms with Gasteiger partial charge in [-0.05, 0) is 55.7 Å². The largest absolute Gasteiger partial charge is 0.508 e. The summed E-state index contributed by atoms with van der Waals surface area (Å²) in [7, 11) is 2.06. The fraction of sp³-hybridized carbons (Fsp3) is 0.619. The first-order chi connectivity index (χ1) is 31.5. The summed E-state index contributed by atoms with van der Waals surface area (Å²) >= 11 is 0. The first-order valence-corrected chi connectivity index (χ1v) is 24.4. The minimum atomic E-state index is -1.76. The van der Waals surface area contributed by atoms with Crippen molar-refractivity contribution in [3.8, 4) is 5.75 Å². The van der Waals surface area contributed by atoms with E-state index in [0.717, 1.165) is 21.6 Å². The molecule has 2 aliphatic rings. The summed E-state index contributed by atoms with van der Waals surface area (Å²) in [5, 5.41) is 38.2. The van der Waals surface area contributed by atoms with Crippen LogP contribution in [0, 0.1) is 11.8 Å². The molecule has 25 heteroatoms. The van der Waals surface area contributed by atoms with Crippen molar-refractivity contribution >= 4 is 80.7 Å². The van der Waals surface area contributed by atoms with Crippen LogP contribution >= 0.6 is 21.6 Å². The lowest BCUT2D eigenvalue weighted by Crippen LogP contribution is -2.63. The first kappa shape index (κ1) is 55.7. The van der Waals surface area contributed by atoms with Gasteiger partial charge in [0.1, 0.15) is 48.0 Å². The monoisotopic (exact) mass is 979 g/mol. The van der Waals surface area contributed by atoms with Crippen molar-refractivity contribution in [3.63, 3.8) is 0 Å². The zero-order valence-electron chi connectivity index (χ0n) is 38.2. The number of primary amides is 2. The number of aromatic hydroxyl groups is 1. The van der Waals surface area contributed by atoms with Gasteiger partial charge in [0.05, 0.1) is 25.1 Å². The predicted molar refractivity (Wildman–Crippen MR) is 248 cm³/mol. The van der Waals surface area contributed by atoms with Gasteiger partial charge >= 0.3 is 0 Å². The van der Waals surface area contributed by atoms with Gasteiger partial charge < -0.3 is 69.5 Å². The van der Waals surface area contributed by atoms with Crippen LogP contribution in [0.3, 0.4) is 0 Å². The number of likely N-dealkylation sites (tertiary alicyclic amines) is 1. The maximum Gasteiger partial charge on any atom is 0.246 e. The minimum Gasteiger partial charge on any atom is -0.508 e. The fourth-order valence-electron chi connectivity index (χ4n) is 7.16. The lowest BCUT2D eigenvalue weighted by molar-refractivity contribution is -0.142. The lowest BCUT2D eigenvalue weighted by atomic mass is 9.96. The van der Waals surface area contributed by atoms with E-state index in [2.05, 4.69) is 37.2 Å². The molecule has 0 bridgehead atoms. The van der Waals surface area contributed by atoms with E-state index in [1.807, 2.05) is 13.8 Å². The molecule has 10 amide bonds. The Morgan fingerprint density at radius 2 is 1.40 bits per heavy atom. The van der Waals surface area contributed by atoms with Gasteiger partial charge in [-0.1, -0.05) is 67.8 Å². The van der Waals surface area contributed by atoms with E-state index < -0.39 is 132 Å². The molecule has 1 aromatic rings. The smallest absolute Gasteiger partial charge is 0.246 e. The third kappa shape index (κ3) is 17.5. The van der Waals surface area contributed by atoms with Gasteiger partial charge in [0.25, 0.3) is 0 Å². The third-order valence-corrected chi connectivity index (χ3v) is 13.5. The number of aliphatic hydroxyl groups excluding tert-OH is 1. The minimum absolute atomic E-state index is 0.0405. The number of rotatable bonds is 15. The number of hydrogen-bond donors (Lipinski definition) is 12. The molecule has 67 heavy (non-hydrogen) atoms. The van der Waals surface area contributed by atoms with E-state index in [1.165, 1.54) is 24.0 Å². The molecule has 23 nitrogen and oxygen atoms in total. The molecule has 0 radical (unpaired) electrons. The number of benzene rings is 1. The number of carbonyl (C=O) groups excluding carboxylic acids is 10. The van der Waals surface area contributed by atoms with Gasteiger partial charge in [0.2, 0.25) is 59.1 Å². The van der Waals surface area contributed by atoms with Crippen LogP contribution in [0.15, 0.2) is 24.3 Å². The molecule has 2 unspecified atom stereocenters. The SMILES string of the molecule is CC[C@H](C)[C@@H]1NC(=O)C(Cc2ccc(O)cc2)NC(=O)[C@@H](N)CSSC[C@@H](C(=O)N2CCC[C@H]2C(=O)N[C@@H](CC(C)C)C(=O)NCC(N)=O)NC(=O)C(CC(N)=O)NC(=O)[C@H]([C@@H](C)O)NC1=O. The van der Waals surface area contributed by atoms with E-state index in [-0.39, 0.29) is 49.0 Å². The zero-order valence-corrected chi connectivity index (χ0v) is 39.8. The Morgan fingerprint density at radius 1 is 0.806 bits per heavy atom. The summed E-state index contributed by atoms with van der Waals surface area (Å²) < 4.78 is 0. The Labute approximate surface area is 396 Å². The average molecular weight is 980 g/mol. The van der Waals surface area contributed by atoms with Gasteiger partial charge in [0, 0.05) is 24.5 Å². The van der Waals surface area contributed by atoms with Crippen molar-refractivity contribution < 1.29 is 58.2 Å². The number of amides is 10. The van der Waals surface area contributed by atoms with Gasteiger partial charge in [-0.3, -0.25) is 47.9 Å². The number of nitrogens with one attached hydrogen (secondary N) is 7. The molecular formula is C42H65N11O12S2. The summed E-state index contributed by atoms with van der Waals surface area (Å²) in [5.74, 6) is -9.56. The Balaban J connectivity index is 2.02. The Bertz CT molecular complexity index is 1960. The Kier molecular flexibility index (Phi) is 22.1. The molecule has 372 valence electrons. The van der Waals surface area contributed by atoms with Gasteiger partial charge in [0.15, 0.2) is 0 Å². The summed E-state index contributed by atoms with van der Waals surface area (Å²) in [5.41, 5.74) is 17.5. The molecule has 2 aliphatic heterocycles. The van der Waals surface area contributed by atoms with Crippen LogP contribution in [0.5, 0.6) is 5.75 Å². The Morgan fingerprint density at radius 3 is 2.00 bits per heavy atom. The molecule has 0 spiro atoms. The lowest BCUT2D eigenvalue weighted by Gasteiger charge is -2.31. The molecule has 0 aromatic heterocycles. The van der Waals surface area contributed by atoms with Crippen molar-refractivity contribution in [2.45, 2.75) is 128 Å². The second kappa shape index (κ2) is 26.6. The van der Waals surface area contributed by atoms with E-state index in [1.54, 1.807) is 26.0 Å². The summed E-state index contributed by atoms with van der Waals surface area (Å²) in [6, 6.07) is -5.16. The summed E-state index contributed by atoms with van der Waals surface area (Å²) in [4.78, 5) is 135. The zero-order chi connectivity index (χ0) is 50.1. The van der Waals surface area contributed by atoms with E-state index in [9.17, 15) is 58.2 Å². The highest BCUT2D eigenvalue weighted by Gasteiger charge is 2.41. The molecule has 2 heterocycles. The van der Waals surface area contributed by atoms with Crippen LogP contribution in [0.2, 0.25) is 0 Å². The molecule has 3 rings (SSSR count). The van der Waals surface area contributed by atoms with Crippen LogP contribution in [-0.4, -0.2) is 153 Å². The molecule has 2 saturated heterocycles. The Hall–Kier alpha value is -5.66. The average Bonchev–Trinajstić information content (AvgIpc) is 3.76. The van der Waals surface area contributed by atoms with Gasteiger partial charge in [-0.2, -0.15) is 0 Å². The van der Waals surface area contributed by atoms with E-state index in [0.29, 0.717) is 18.4 Å². The third-order valence-electron chi connectivity index (χ3n) is 11.0. The number of phenols is 1. The van der Waals surface area contributed by atoms with E-state index >= 15 is 0 Å². The molecule has 15 N–H and O–H groups in total. The summed E-state index contributed by atoms with van der Waals surface area (Å²) in [6.45, 7) is 7.80. The second-order valence-corrected chi connectivity index (χ2v) is 19.6. The van der Waals surface area contributed by atoms with Crippen molar-refractivity contribution in [2.75, 3.05) is 24.6 Å². The highest BCUT2D eigenvalue weighted by Crippen LogP contribution is 2.26. The van der Waals surface area contributed by atoms with Gasteiger partial charge in [-0.25, -0.2) is 0 Å². The number of phenolic OH excluding ortho intramolecular Hbond substituents is 1. The van der Waals surface area contributed by atoms with Crippen molar-refractivity contribution in [2.24, 2.45) is 29.0 Å². The number of hydrogen-bond acceptors (Lipinski definition) is 15. The van der Waals surface area contributed by atoms with Crippen molar-refractivity contribution in [3.05, 3.63) is 29.8 Å². The molecule has 0 saturated carbocycles. The highest BCUT2D eigenvalue weighted by atomic mass is 33.1. The standard InChI is InChI=1S/C42H65N11O12S2/c1-6-21(4)33-40(63)52-34(22(5)54)41(64)49-28(16-31(44)56)37(60)50-29(19-67-66-18-25(43)35(58)47-27(38(61)51-33)15-23-9-11-24(55)12-10-23)42(65)53-13-7-8-30(53)39(62)48-26(14-20(2)3)36(59)46-17-32(45)57/h9-12,20-22,25-30,33-34,54-55H,6-8,13-19,43H2,1-5H3,(H2,44,56)(H2,45,57)(H,46,59)(H,47,58)(H,48,62)(H,49,64)(H,50,60)(H,51,61)(H,52,63)/t21-,22+,25-,26-,27?,28?,29-,30-,33-,34-/m0/s1. The number of nitrogens with two attached hydrogens (primary N) is 3. The van der Waals surface area contributed by atoms with Crippen molar-refractivity contribution in [1.29, 1.82) is 0 Å². The topological polar surface area (TPSA) is 377 Å². The van der Waals surface area contributed by atoms with Crippen LogP contribution in [0.1, 0.15) is 72.3 Å². The van der Waals surface area contributed by atoms with Crippen LogP contribution in [0.25, 0.3) is 0 Å². The van der Waals surface area contributed by atoms with Gasteiger partial charge in [-0.15, -0.1) is 0 Å². The quantitative estimate of drug-likeness (QED) is 0.0759. The second-order valence-electron chi connectivity index (χ2n) is 17.1. The number of nitrogens with zero attached hydrogens (tertiary/aromatic N) is 1.